The molecule has 0 atom stereocenters. The standard InChI is InChI=1S/C14H11Cl2N3O2/c1-3-8-11(14(20)21-2)18-13(19-12(8)17)7-4-5-9(15)10(16)6-7/h3-6H,1H2,2H3,(H2,17,18,19). The number of ether oxygens (including phenoxy) is 1. The molecule has 2 N–H and O–H groups in total. The second kappa shape index (κ2) is 6.11. The fourth-order valence-corrected chi connectivity index (χ4v) is 2.00. The van der Waals surface area contributed by atoms with Crippen LogP contribution in [0.2, 0.25) is 10.0 Å². The maximum Gasteiger partial charge on any atom is 0.357 e. The van der Waals surface area contributed by atoms with Gasteiger partial charge in [-0.1, -0.05) is 35.9 Å². The number of nitrogens with zero attached hydrogens (tertiary/aromatic N) is 2. The minimum atomic E-state index is -0.625. The fraction of sp³-hybridized carbons (Fsp3) is 0.0714. The van der Waals surface area contributed by atoms with E-state index in [2.05, 4.69) is 21.3 Å². The number of hydrogen-bond donors (Lipinski definition) is 1. The van der Waals surface area contributed by atoms with Crippen LogP contribution in [0.4, 0.5) is 5.82 Å². The molecule has 0 fully saturated rings. The van der Waals surface area contributed by atoms with Gasteiger partial charge in [-0.2, -0.15) is 0 Å². The van der Waals surface area contributed by atoms with Crippen molar-refractivity contribution in [3.63, 3.8) is 0 Å². The molecule has 0 saturated carbocycles. The average Bonchev–Trinajstić information content (AvgIpc) is 2.48. The minimum absolute atomic E-state index is 0.0427. The van der Waals surface area contributed by atoms with E-state index in [1.165, 1.54) is 13.2 Å². The number of carbonyl (C=O) groups excluding carboxylic acids is 1. The molecule has 108 valence electrons. The van der Waals surface area contributed by atoms with Crippen molar-refractivity contribution in [2.75, 3.05) is 12.8 Å². The van der Waals surface area contributed by atoms with Crippen LogP contribution in [0.1, 0.15) is 16.1 Å². The zero-order valence-electron chi connectivity index (χ0n) is 11.1. The Labute approximate surface area is 131 Å². The molecule has 0 aliphatic carbocycles. The Hall–Kier alpha value is -2.11. The number of carbonyl (C=O) groups is 1. The Morgan fingerprint density at radius 1 is 1.33 bits per heavy atom. The number of halogens is 2. The van der Waals surface area contributed by atoms with Gasteiger partial charge < -0.3 is 10.5 Å². The minimum Gasteiger partial charge on any atom is -0.464 e. The Balaban J connectivity index is 2.65. The Kier molecular flexibility index (Phi) is 4.45. The number of nitrogens with two attached hydrogens (primary N) is 1. The highest BCUT2D eigenvalue weighted by Crippen LogP contribution is 2.28. The predicted molar refractivity (Wildman–Crippen MR) is 83.3 cm³/mol. The molecule has 0 unspecified atom stereocenters. The average molecular weight is 324 g/mol. The maximum atomic E-state index is 11.8. The fourth-order valence-electron chi connectivity index (χ4n) is 1.70. The quantitative estimate of drug-likeness (QED) is 0.875. The molecule has 0 bridgehead atoms. The van der Waals surface area contributed by atoms with Gasteiger partial charge in [0, 0.05) is 11.1 Å². The van der Waals surface area contributed by atoms with E-state index in [1.54, 1.807) is 18.2 Å². The molecule has 5 nitrogen and oxygen atoms in total. The van der Waals surface area contributed by atoms with E-state index in [-0.39, 0.29) is 17.3 Å². The summed E-state index contributed by atoms with van der Waals surface area (Å²) in [5.41, 5.74) is 6.79. The van der Waals surface area contributed by atoms with Gasteiger partial charge in [-0.15, -0.1) is 0 Å². The Bertz CT molecular complexity index is 732. The first-order chi connectivity index (χ1) is 9.97. The van der Waals surface area contributed by atoms with Crippen molar-refractivity contribution < 1.29 is 9.53 Å². The first-order valence-electron chi connectivity index (χ1n) is 5.81. The summed E-state index contributed by atoms with van der Waals surface area (Å²) in [6.45, 7) is 3.59. The van der Waals surface area contributed by atoms with Crippen LogP contribution < -0.4 is 5.73 Å². The SMILES string of the molecule is C=Cc1c(N)nc(-c2ccc(Cl)c(Cl)c2)nc1C(=O)OC. The maximum absolute atomic E-state index is 11.8. The summed E-state index contributed by atoms with van der Waals surface area (Å²) < 4.78 is 4.69. The number of aromatic nitrogens is 2. The second-order valence-electron chi connectivity index (χ2n) is 4.02. The lowest BCUT2D eigenvalue weighted by atomic mass is 10.1. The summed E-state index contributed by atoms with van der Waals surface area (Å²) in [6, 6.07) is 4.88. The van der Waals surface area contributed by atoms with Gasteiger partial charge in [0.25, 0.3) is 0 Å². The van der Waals surface area contributed by atoms with Crippen molar-refractivity contribution in [3.8, 4) is 11.4 Å². The Morgan fingerprint density at radius 2 is 2.05 bits per heavy atom. The van der Waals surface area contributed by atoms with Crippen molar-refractivity contribution in [1.82, 2.24) is 9.97 Å². The van der Waals surface area contributed by atoms with Crippen molar-refractivity contribution in [3.05, 3.63) is 46.1 Å². The third-order valence-electron chi connectivity index (χ3n) is 2.74. The topological polar surface area (TPSA) is 78.1 Å². The van der Waals surface area contributed by atoms with Gasteiger partial charge in [-0.3, -0.25) is 0 Å². The summed E-state index contributed by atoms with van der Waals surface area (Å²) in [4.78, 5) is 20.1. The summed E-state index contributed by atoms with van der Waals surface area (Å²) >= 11 is 11.8. The zero-order valence-corrected chi connectivity index (χ0v) is 12.6. The third kappa shape index (κ3) is 2.99. The molecule has 0 spiro atoms. The highest BCUT2D eigenvalue weighted by atomic mass is 35.5. The number of hydrogen-bond acceptors (Lipinski definition) is 5. The third-order valence-corrected chi connectivity index (χ3v) is 3.47. The van der Waals surface area contributed by atoms with E-state index in [1.807, 2.05) is 0 Å². The van der Waals surface area contributed by atoms with Crippen LogP contribution in [0.5, 0.6) is 0 Å². The number of benzene rings is 1. The highest BCUT2D eigenvalue weighted by Gasteiger charge is 2.18. The Morgan fingerprint density at radius 3 is 2.62 bits per heavy atom. The van der Waals surface area contributed by atoms with Crippen LogP contribution in [0.3, 0.4) is 0 Å². The molecule has 7 heteroatoms. The van der Waals surface area contributed by atoms with Crippen LogP contribution in [-0.4, -0.2) is 23.0 Å². The number of rotatable bonds is 3. The lowest BCUT2D eigenvalue weighted by Gasteiger charge is -2.09. The molecule has 21 heavy (non-hydrogen) atoms. The predicted octanol–water partition coefficient (Wildman–Crippen LogP) is 3.46. The zero-order chi connectivity index (χ0) is 15.6. The molecule has 2 aromatic rings. The van der Waals surface area contributed by atoms with E-state index in [0.717, 1.165) is 0 Å². The van der Waals surface area contributed by atoms with Gasteiger partial charge in [0.05, 0.1) is 17.2 Å². The van der Waals surface area contributed by atoms with Crippen LogP contribution in [0, 0.1) is 0 Å². The first-order valence-corrected chi connectivity index (χ1v) is 6.57. The van der Waals surface area contributed by atoms with E-state index in [9.17, 15) is 4.79 Å². The van der Waals surface area contributed by atoms with Crippen molar-refractivity contribution >= 4 is 41.1 Å². The number of esters is 1. The lowest BCUT2D eigenvalue weighted by molar-refractivity contribution is 0.0594. The van der Waals surface area contributed by atoms with Gasteiger partial charge in [-0.25, -0.2) is 14.8 Å². The summed E-state index contributed by atoms with van der Waals surface area (Å²) in [6.07, 6.45) is 1.40. The van der Waals surface area contributed by atoms with Gasteiger partial charge in [-0.05, 0) is 18.2 Å². The van der Waals surface area contributed by atoms with Gasteiger partial charge >= 0.3 is 5.97 Å². The molecule has 0 amide bonds. The molecular weight excluding hydrogens is 313 g/mol. The second-order valence-corrected chi connectivity index (χ2v) is 4.83. The van der Waals surface area contributed by atoms with Gasteiger partial charge in [0.2, 0.25) is 0 Å². The lowest BCUT2D eigenvalue weighted by Crippen LogP contribution is -2.11. The molecule has 0 aliphatic rings. The smallest absolute Gasteiger partial charge is 0.357 e. The van der Waals surface area contributed by atoms with Crippen LogP contribution in [0.15, 0.2) is 24.8 Å². The summed E-state index contributed by atoms with van der Waals surface area (Å²) in [5, 5.41) is 0.757. The van der Waals surface area contributed by atoms with Crippen LogP contribution >= 0.6 is 23.2 Å². The molecule has 0 radical (unpaired) electrons. The van der Waals surface area contributed by atoms with Crippen molar-refractivity contribution in [2.45, 2.75) is 0 Å². The van der Waals surface area contributed by atoms with E-state index in [0.29, 0.717) is 21.2 Å². The molecule has 1 aromatic carbocycles. The molecular formula is C14H11Cl2N3O2. The van der Waals surface area contributed by atoms with Crippen molar-refractivity contribution in [1.29, 1.82) is 0 Å². The molecule has 1 aromatic heterocycles. The summed E-state index contributed by atoms with van der Waals surface area (Å²) in [7, 11) is 1.26. The van der Waals surface area contributed by atoms with E-state index >= 15 is 0 Å². The van der Waals surface area contributed by atoms with Gasteiger partial charge in [0.1, 0.15) is 5.82 Å². The van der Waals surface area contributed by atoms with Crippen molar-refractivity contribution in [2.24, 2.45) is 0 Å². The number of anilines is 1. The first kappa shape index (κ1) is 15.3. The normalized spacial score (nSPS) is 10.2. The van der Waals surface area contributed by atoms with E-state index < -0.39 is 5.97 Å². The van der Waals surface area contributed by atoms with E-state index in [4.69, 9.17) is 28.9 Å². The molecule has 2 rings (SSSR count). The largest absolute Gasteiger partial charge is 0.464 e. The van der Waals surface area contributed by atoms with Crippen LogP contribution in [0.25, 0.3) is 17.5 Å². The monoisotopic (exact) mass is 323 g/mol. The number of methoxy groups -OCH3 is 1. The molecule has 0 saturated heterocycles. The number of nitrogen functional groups attached to an aromatic ring is 1. The summed E-state index contributed by atoms with van der Waals surface area (Å²) in [5.74, 6) is -0.251. The van der Waals surface area contributed by atoms with Crippen LogP contribution in [-0.2, 0) is 4.74 Å². The molecule has 0 aliphatic heterocycles. The highest BCUT2D eigenvalue weighted by molar-refractivity contribution is 6.42. The van der Waals surface area contributed by atoms with Gasteiger partial charge in [0.15, 0.2) is 11.5 Å². The molecule has 1 heterocycles.